The molecular weight excluding hydrogens is 217 g/mol. The van der Waals surface area contributed by atoms with E-state index in [9.17, 15) is 4.39 Å². The van der Waals surface area contributed by atoms with Gasteiger partial charge in [0, 0.05) is 6.04 Å². The minimum Gasteiger partial charge on any atom is -0.384 e. The number of aromatic nitrogens is 1. The van der Waals surface area contributed by atoms with Crippen molar-refractivity contribution < 1.29 is 4.39 Å². The highest BCUT2D eigenvalue weighted by molar-refractivity contribution is 5.44. The van der Waals surface area contributed by atoms with Gasteiger partial charge in [-0.2, -0.15) is 0 Å². The highest BCUT2D eigenvalue weighted by atomic mass is 19.1. The Hall–Kier alpha value is -2.10. The number of anilines is 2. The molecule has 0 radical (unpaired) electrons. The van der Waals surface area contributed by atoms with Crippen molar-refractivity contribution in [2.24, 2.45) is 0 Å². The average molecular weight is 231 g/mol. The number of benzene rings is 1. The summed E-state index contributed by atoms with van der Waals surface area (Å²) in [5.41, 5.74) is 6.59. The number of rotatable bonds is 3. The summed E-state index contributed by atoms with van der Waals surface area (Å²) in [6, 6.07) is 11.8. The van der Waals surface area contributed by atoms with E-state index in [4.69, 9.17) is 5.73 Å². The molecule has 3 N–H and O–H groups in total. The molecule has 0 saturated carbocycles. The molecule has 88 valence electrons. The molecule has 4 heteroatoms. The fourth-order valence-corrected chi connectivity index (χ4v) is 1.59. The molecule has 0 bridgehead atoms. The number of pyridine rings is 1. The summed E-state index contributed by atoms with van der Waals surface area (Å²) in [6.07, 6.45) is 0. The second-order valence-electron chi connectivity index (χ2n) is 3.87. The Kier molecular flexibility index (Phi) is 3.23. The van der Waals surface area contributed by atoms with Crippen LogP contribution in [0.15, 0.2) is 42.5 Å². The maximum absolute atomic E-state index is 12.8. The first-order chi connectivity index (χ1) is 8.15. The zero-order valence-corrected chi connectivity index (χ0v) is 9.52. The Labute approximate surface area is 99.5 Å². The summed E-state index contributed by atoms with van der Waals surface area (Å²) in [6.45, 7) is 1.98. The summed E-state index contributed by atoms with van der Waals surface area (Å²) in [4.78, 5) is 4.15. The van der Waals surface area contributed by atoms with Crippen LogP contribution in [0.2, 0.25) is 0 Å². The van der Waals surface area contributed by atoms with E-state index in [-0.39, 0.29) is 11.9 Å². The SMILES string of the molecule is CC(Nc1cccc(N)n1)c1ccc(F)cc1. The minimum absolute atomic E-state index is 0.0462. The maximum atomic E-state index is 12.8. The van der Waals surface area contributed by atoms with Crippen LogP contribution in [-0.2, 0) is 0 Å². The zero-order valence-electron chi connectivity index (χ0n) is 9.52. The van der Waals surface area contributed by atoms with Crippen molar-refractivity contribution in [2.75, 3.05) is 11.1 Å². The Bertz CT molecular complexity index is 496. The Morgan fingerprint density at radius 1 is 1.18 bits per heavy atom. The van der Waals surface area contributed by atoms with Crippen molar-refractivity contribution in [1.29, 1.82) is 0 Å². The van der Waals surface area contributed by atoms with E-state index < -0.39 is 0 Å². The van der Waals surface area contributed by atoms with Crippen molar-refractivity contribution in [3.05, 3.63) is 53.8 Å². The molecule has 17 heavy (non-hydrogen) atoms. The van der Waals surface area contributed by atoms with Crippen LogP contribution < -0.4 is 11.1 Å². The van der Waals surface area contributed by atoms with Crippen LogP contribution in [0.3, 0.4) is 0 Å². The molecule has 3 nitrogen and oxygen atoms in total. The normalized spacial score (nSPS) is 12.1. The van der Waals surface area contributed by atoms with E-state index in [0.717, 1.165) is 5.56 Å². The molecule has 1 unspecified atom stereocenters. The van der Waals surface area contributed by atoms with Gasteiger partial charge in [0.25, 0.3) is 0 Å². The van der Waals surface area contributed by atoms with Crippen LogP contribution in [0, 0.1) is 5.82 Å². The number of nitrogens with zero attached hydrogens (tertiary/aromatic N) is 1. The predicted octanol–water partition coefficient (Wildman–Crippen LogP) is 2.98. The number of hydrogen-bond donors (Lipinski definition) is 2. The fraction of sp³-hybridized carbons (Fsp3) is 0.154. The quantitative estimate of drug-likeness (QED) is 0.853. The molecule has 0 fully saturated rings. The van der Waals surface area contributed by atoms with Gasteiger partial charge in [-0.25, -0.2) is 9.37 Å². The average Bonchev–Trinajstić information content (AvgIpc) is 2.29. The molecule has 1 aromatic heterocycles. The number of halogens is 1. The molecule has 0 saturated heterocycles. The van der Waals surface area contributed by atoms with Gasteiger partial charge >= 0.3 is 0 Å². The lowest BCUT2D eigenvalue weighted by atomic mass is 10.1. The molecular formula is C13H14FN3. The van der Waals surface area contributed by atoms with Gasteiger partial charge < -0.3 is 11.1 Å². The van der Waals surface area contributed by atoms with E-state index in [0.29, 0.717) is 11.6 Å². The summed E-state index contributed by atoms with van der Waals surface area (Å²) in [5.74, 6) is 0.950. The molecule has 1 heterocycles. The largest absolute Gasteiger partial charge is 0.384 e. The van der Waals surface area contributed by atoms with E-state index in [1.165, 1.54) is 12.1 Å². The van der Waals surface area contributed by atoms with E-state index in [1.807, 2.05) is 19.1 Å². The lowest BCUT2D eigenvalue weighted by Crippen LogP contribution is -2.08. The number of nitrogens with one attached hydrogen (secondary N) is 1. The summed E-state index contributed by atoms with van der Waals surface area (Å²) in [7, 11) is 0. The fourth-order valence-electron chi connectivity index (χ4n) is 1.59. The first-order valence-electron chi connectivity index (χ1n) is 5.39. The van der Waals surface area contributed by atoms with Crippen LogP contribution >= 0.6 is 0 Å². The second-order valence-corrected chi connectivity index (χ2v) is 3.87. The van der Waals surface area contributed by atoms with Gasteiger partial charge in [0.2, 0.25) is 0 Å². The molecule has 0 amide bonds. The Morgan fingerprint density at radius 3 is 2.53 bits per heavy atom. The lowest BCUT2D eigenvalue weighted by molar-refractivity contribution is 0.626. The van der Waals surface area contributed by atoms with Gasteiger partial charge in [0.05, 0.1) is 0 Å². The molecule has 0 aliphatic rings. The van der Waals surface area contributed by atoms with Crippen LogP contribution in [-0.4, -0.2) is 4.98 Å². The summed E-state index contributed by atoms with van der Waals surface area (Å²) in [5, 5.41) is 3.20. The van der Waals surface area contributed by atoms with Crippen molar-refractivity contribution in [3.8, 4) is 0 Å². The van der Waals surface area contributed by atoms with E-state index >= 15 is 0 Å². The minimum atomic E-state index is -0.233. The summed E-state index contributed by atoms with van der Waals surface area (Å²) >= 11 is 0. The molecule has 0 spiro atoms. The molecule has 0 aliphatic carbocycles. The van der Waals surface area contributed by atoms with Crippen LogP contribution in [0.1, 0.15) is 18.5 Å². The molecule has 1 atom stereocenters. The van der Waals surface area contributed by atoms with E-state index in [2.05, 4.69) is 10.3 Å². The third kappa shape index (κ3) is 2.93. The molecule has 2 rings (SSSR count). The van der Waals surface area contributed by atoms with Gasteiger partial charge in [-0.15, -0.1) is 0 Å². The Balaban J connectivity index is 2.11. The van der Waals surface area contributed by atoms with Crippen molar-refractivity contribution in [2.45, 2.75) is 13.0 Å². The highest BCUT2D eigenvalue weighted by Gasteiger charge is 2.05. The van der Waals surface area contributed by atoms with Crippen molar-refractivity contribution in [1.82, 2.24) is 4.98 Å². The first kappa shape index (κ1) is 11.4. The van der Waals surface area contributed by atoms with Gasteiger partial charge in [0.1, 0.15) is 17.5 Å². The number of hydrogen-bond acceptors (Lipinski definition) is 3. The van der Waals surface area contributed by atoms with Crippen LogP contribution in [0.4, 0.5) is 16.0 Å². The second kappa shape index (κ2) is 4.82. The maximum Gasteiger partial charge on any atom is 0.128 e. The highest BCUT2D eigenvalue weighted by Crippen LogP contribution is 2.18. The summed E-state index contributed by atoms with van der Waals surface area (Å²) < 4.78 is 12.8. The molecule has 0 aliphatic heterocycles. The number of nitrogen functional groups attached to an aromatic ring is 1. The van der Waals surface area contributed by atoms with Crippen LogP contribution in [0.25, 0.3) is 0 Å². The van der Waals surface area contributed by atoms with Gasteiger partial charge in [-0.3, -0.25) is 0 Å². The van der Waals surface area contributed by atoms with Gasteiger partial charge in [-0.1, -0.05) is 18.2 Å². The first-order valence-corrected chi connectivity index (χ1v) is 5.39. The van der Waals surface area contributed by atoms with Crippen LogP contribution in [0.5, 0.6) is 0 Å². The molecule has 1 aromatic carbocycles. The van der Waals surface area contributed by atoms with Crippen molar-refractivity contribution >= 4 is 11.6 Å². The third-order valence-electron chi connectivity index (χ3n) is 2.51. The van der Waals surface area contributed by atoms with Gasteiger partial charge in [-0.05, 0) is 36.8 Å². The standard InChI is InChI=1S/C13H14FN3/c1-9(10-5-7-11(14)8-6-10)16-13-4-2-3-12(15)17-13/h2-9H,1H3,(H3,15,16,17). The smallest absolute Gasteiger partial charge is 0.128 e. The number of nitrogens with two attached hydrogens (primary N) is 1. The topological polar surface area (TPSA) is 50.9 Å². The lowest BCUT2D eigenvalue weighted by Gasteiger charge is -2.15. The zero-order chi connectivity index (χ0) is 12.3. The molecule has 2 aromatic rings. The Morgan fingerprint density at radius 2 is 1.88 bits per heavy atom. The van der Waals surface area contributed by atoms with Gasteiger partial charge in [0.15, 0.2) is 0 Å². The third-order valence-corrected chi connectivity index (χ3v) is 2.51. The van der Waals surface area contributed by atoms with E-state index in [1.54, 1.807) is 18.2 Å². The predicted molar refractivity (Wildman–Crippen MR) is 67.1 cm³/mol. The van der Waals surface area contributed by atoms with Crippen molar-refractivity contribution in [3.63, 3.8) is 0 Å². The monoisotopic (exact) mass is 231 g/mol.